The van der Waals surface area contributed by atoms with Gasteiger partial charge in [0, 0.05) is 19.8 Å². The molecule has 1 atom stereocenters. The van der Waals surface area contributed by atoms with Crippen LogP contribution in [-0.2, 0) is 20.1 Å². The maximum Gasteiger partial charge on any atom is 0.332 e. The molecule has 1 unspecified atom stereocenters. The van der Waals surface area contributed by atoms with Crippen molar-refractivity contribution in [3.8, 4) is 0 Å². The largest absolute Gasteiger partial charge is 0.385 e. The lowest BCUT2D eigenvalue weighted by atomic mass is 10.2. The van der Waals surface area contributed by atoms with Crippen LogP contribution in [-0.4, -0.2) is 28.8 Å². The first-order valence-electron chi connectivity index (χ1n) is 7.78. The van der Waals surface area contributed by atoms with Gasteiger partial charge in [-0.15, -0.1) is 0 Å². The van der Waals surface area contributed by atoms with E-state index in [2.05, 4.69) is 9.97 Å². The molecule has 3 aromatic heterocycles. The molecule has 8 heteroatoms. The Labute approximate surface area is 137 Å². The second-order valence-corrected chi connectivity index (χ2v) is 5.64. The fraction of sp³-hybridized carbons (Fsp3) is 0.375. The third-order valence-electron chi connectivity index (χ3n) is 3.95. The van der Waals surface area contributed by atoms with Gasteiger partial charge in [-0.3, -0.25) is 18.9 Å². The van der Waals surface area contributed by atoms with Crippen LogP contribution in [0.5, 0.6) is 0 Å². The molecule has 0 aromatic carbocycles. The van der Waals surface area contributed by atoms with Crippen molar-refractivity contribution in [2.45, 2.75) is 32.5 Å². The number of hydrogen-bond acceptors (Lipinski definition) is 5. The Balaban J connectivity index is 2.12. The van der Waals surface area contributed by atoms with Gasteiger partial charge in [0.2, 0.25) is 0 Å². The summed E-state index contributed by atoms with van der Waals surface area (Å²) < 4.78 is 4.10. The van der Waals surface area contributed by atoms with Gasteiger partial charge in [-0.2, -0.15) is 0 Å². The molecule has 0 aliphatic carbocycles. The fourth-order valence-corrected chi connectivity index (χ4v) is 2.73. The number of aromatic nitrogens is 5. The van der Waals surface area contributed by atoms with Crippen LogP contribution in [0.15, 0.2) is 40.3 Å². The summed E-state index contributed by atoms with van der Waals surface area (Å²) in [6, 6.07) is 5.13. The number of aliphatic hydroxyl groups is 1. The van der Waals surface area contributed by atoms with Crippen molar-refractivity contribution in [1.82, 2.24) is 23.7 Å². The molecule has 24 heavy (non-hydrogen) atoms. The van der Waals surface area contributed by atoms with Gasteiger partial charge in [-0.25, -0.2) is 9.78 Å². The molecule has 0 saturated carbocycles. The number of fused-ring (bicyclic) bond motifs is 1. The van der Waals surface area contributed by atoms with E-state index in [1.165, 1.54) is 4.57 Å². The van der Waals surface area contributed by atoms with E-state index in [-0.39, 0.29) is 6.54 Å². The van der Waals surface area contributed by atoms with Crippen molar-refractivity contribution in [2.75, 3.05) is 0 Å². The number of pyridine rings is 1. The van der Waals surface area contributed by atoms with E-state index in [1.54, 1.807) is 42.3 Å². The van der Waals surface area contributed by atoms with Crippen LogP contribution in [0.3, 0.4) is 0 Å². The molecule has 1 N–H and O–H groups in total. The van der Waals surface area contributed by atoms with Gasteiger partial charge in [0.05, 0.1) is 18.6 Å². The average molecular weight is 329 g/mol. The molecule has 0 radical (unpaired) electrons. The van der Waals surface area contributed by atoms with Gasteiger partial charge in [-0.1, -0.05) is 13.0 Å². The highest BCUT2D eigenvalue weighted by atomic mass is 16.3. The van der Waals surface area contributed by atoms with Gasteiger partial charge in [-0.05, 0) is 18.6 Å². The molecule has 3 heterocycles. The number of aliphatic hydroxyl groups excluding tert-OH is 1. The van der Waals surface area contributed by atoms with Crippen LogP contribution in [0.4, 0.5) is 0 Å². The maximum absolute atomic E-state index is 12.8. The topological polar surface area (TPSA) is 94.9 Å². The molecule has 3 aromatic rings. The molecule has 0 aliphatic heterocycles. The second-order valence-electron chi connectivity index (χ2n) is 5.64. The molecule has 8 nitrogen and oxygen atoms in total. The van der Waals surface area contributed by atoms with E-state index in [4.69, 9.17) is 0 Å². The van der Waals surface area contributed by atoms with E-state index < -0.39 is 17.4 Å². The minimum Gasteiger partial charge on any atom is -0.385 e. The molecular formula is C16H19N5O3. The monoisotopic (exact) mass is 329 g/mol. The average Bonchev–Trinajstić information content (AvgIpc) is 3.02. The SMILES string of the molecule is CCCn1cnc2c1c(=O)n(CC(O)c1ccccn1)c(=O)n2C. The Hall–Kier alpha value is -2.74. The summed E-state index contributed by atoms with van der Waals surface area (Å²) in [5.41, 5.74) is 0.168. The summed E-state index contributed by atoms with van der Waals surface area (Å²) in [5, 5.41) is 10.3. The van der Waals surface area contributed by atoms with Crippen molar-refractivity contribution in [1.29, 1.82) is 0 Å². The molecule has 3 rings (SSSR count). The summed E-state index contributed by atoms with van der Waals surface area (Å²) in [4.78, 5) is 33.5. The number of nitrogens with zero attached hydrogens (tertiary/aromatic N) is 5. The van der Waals surface area contributed by atoms with E-state index in [0.29, 0.717) is 23.4 Å². The van der Waals surface area contributed by atoms with Gasteiger partial charge in [0.1, 0.15) is 6.10 Å². The minimum atomic E-state index is -1.04. The lowest BCUT2D eigenvalue weighted by molar-refractivity contribution is 0.148. The van der Waals surface area contributed by atoms with Crippen molar-refractivity contribution in [3.05, 3.63) is 57.3 Å². The summed E-state index contributed by atoms with van der Waals surface area (Å²) >= 11 is 0. The summed E-state index contributed by atoms with van der Waals surface area (Å²) in [5.74, 6) is 0. The highest BCUT2D eigenvalue weighted by molar-refractivity contribution is 5.69. The third kappa shape index (κ3) is 2.65. The molecular weight excluding hydrogens is 310 g/mol. The predicted molar refractivity (Wildman–Crippen MR) is 88.7 cm³/mol. The van der Waals surface area contributed by atoms with Crippen LogP contribution >= 0.6 is 0 Å². The van der Waals surface area contributed by atoms with Crippen LogP contribution in [0, 0.1) is 0 Å². The Kier molecular flexibility index (Phi) is 4.30. The molecule has 0 spiro atoms. The Bertz CT molecular complexity index is 971. The van der Waals surface area contributed by atoms with Gasteiger partial charge in [0.25, 0.3) is 5.56 Å². The predicted octanol–water partition coefficient (Wildman–Crippen LogP) is 0.435. The second kappa shape index (κ2) is 6.40. The van der Waals surface area contributed by atoms with Crippen LogP contribution in [0.1, 0.15) is 25.1 Å². The number of aryl methyl sites for hydroxylation is 2. The molecule has 0 aliphatic rings. The van der Waals surface area contributed by atoms with Gasteiger partial charge < -0.3 is 9.67 Å². The molecule has 0 bridgehead atoms. The number of imidazole rings is 1. The van der Waals surface area contributed by atoms with Crippen molar-refractivity contribution in [3.63, 3.8) is 0 Å². The molecule has 0 fully saturated rings. The van der Waals surface area contributed by atoms with E-state index in [1.807, 2.05) is 6.92 Å². The number of rotatable bonds is 5. The lowest BCUT2D eigenvalue weighted by Gasteiger charge is -2.13. The van der Waals surface area contributed by atoms with Crippen molar-refractivity contribution in [2.24, 2.45) is 7.05 Å². The van der Waals surface area contributed by atoms with Crippen molar-refractivity contribution >= 4 is 11.2 Å². The zero-order valence-corrected chi connectivity index (χ0v) is 13.6. The normalized spacial score (nSPS) is 12.6. The van der Waals surface area contributed by atoms with E-state index in [0.717, 1.165) is 11.0 Å². The third-order valence-corrected chi connectivity index (χ3v) is 3.95. The highest BCUT2D eigenvalue weighted by Gasteiger charge is 2.19. The fourth-order valence-electron chi connectivity index (χ4n) is 2.73. The summed E-state index contributed by atoms with van der Waals surface area (Å²) in [7, 11) is 1.57. The minimum absolute atomic E-state index is 0.157. The Morgan fingerprint density at radius 2 is 2.04 bits per heavy atom. The Morgan fingerprint density at radius 1 is 1.25 bits per heavy atom. The molecule has 0 amide bonds. The highest BCUT2D eigenvalue weighted by Crippen LogP contribution is 2.11. The van der Waals surface area contributed by atoms with Gasteiger partial charge in [0.15, 0.2) is 11.2 Å². The van der Waals surface area contributed by atoms with Gasteiger partial charge >= 0.3 is 5.69 Å². The first-order valence-corrected chi connectivity index (χ1v) is 7.78. The first-order chi connectivity index (χ1) is 11.5. The molecule has 0 saturated heterocycles. The quantitative estimate of drug-likeness (QED) is 0.733. The lowest BCUT2D eigenvalue weighted by Crippen LogP contribution is -2.41. The standard InChI is InChI=1S/C16H19N5O3/c1-3-8-20-10-18-14-13(20)15(23)21(16(24)19(14)2)9-12(22)11-6-4-5-7-17-11/h4-7,10,12,22H,3,8-9H2,1-2H3. The zero-order chi connectivity index (χ0) is 17.3. The smallest absolute Gasteiger partial charge is 0.332 e. The van der Waals surface area contributed by atoms with Crippen LogP contribution in [0.25, 0.3) is 11.2 Å². The van der Waals surface area contributed by atoms with E-state index >= 15 is 0 Å². The first kappa shape index (κ1) is 16.1. The van der Waals surface area contributed by atoms with E-state index in [9.17, 15) is 14.7 Å². The number of hydrogen-bond donors (Lipinski definition) is 1. The van der Waals surface area contributed by atoms with Crippen molar-refractivity contribution < 1.29 is 5.11 Å². The zero-order valence-electron chi connectivity index (χ0n) is 13.6. The Morgan fingerprint density at radius 3 is 2.71 bits per heavy atom. The van der Waals surface area contributed by atoms with Crippen LogP contribution in [0.2, 0.25) is 0 Å². The van der Waals surface area contributed by atoms with Crippen LogP contribution < -0.4 is 11.2 Å². The maximum atomic E-state index is 12.8. The molecule has 126 valence electrons. The summed E-state index contributed by atoms with van der Waals surface area (Å²) in [6.07, 6.45) is 2.91. The summed E-state index contributed by atoms with van der Waals surface area (Å²) in [6.45, 7) is 2.47.